The van der Waals surface area contributed by atoms with E-state index in [9.17, 15) is 0 Å². The Morgan fingerprint density at radius 3 is 3.00 bits per heavy atom. The van der Waals surface area contributed by atoms with Crippen molar-refractivity contribution >= 4 is 6.34 Å². The highest BCUT2D eigenvalue weighted by Gasteiger charge is 2.14. The van der Waals surface area contributed by atoms with Crippen molar-refractivity contribution < 1.29 is 4.84 Å². The Morgan fingerprint density at radius 2 is 2.50 bits per heavy atom. The zero-order valence-electron chi connectivity index (χ0n) is 6.50. The molecular weight excluding hydrogens is 128 g/mol. The van der Waals surface area contributed by atoms with E-state index in [0.717, 1.165) is 6.42 Å². The highest BCUT2D eigenvalue weighted by atomic mass is 16.7. The van der Waals surface area contributed by atoms with Gasteiger partial charge in [0.2, 0.25) is 0 Å². The molecule has 1 atom stereocenters. The summed E-state index contributed by atoms with van der Waals surface area (Å²) in [7, 11) is 1.80. The van der Waals surface area contributed by atoms with Crippen LogP contribution in [0.25, 0.3) is 0 Å². The summed E-state index contributed by atoms with van der Waals surface area (Å²) < 4.78 is 0. The van der Waals surface area contributed by atoms with Crippen molar-refractivity contribution in [3.63, 3.8) is 0 Å². The number of rotatable bonds is 3. The van der Waals surface area contributed by atoms with E-state index in [0.29, 0.717) is 0 Å². The van der Waals surface area contributed by atoms with Gasteiger partial charge in [-0.2, -0.15) is 0 Å². The van der Waals surface area contributed by atoms with E-state index < -0.39 is 0 Å². The molecule has 1 aliphatic heterocycles. The molecule has 1 radical (unpaired) electrons. The molecule has 0 saturated carbocycles. The maximum atomic E-state index is 5.22. The molecule has 0 aliphatic carbocycles. The normalized spacial score (nSPS) is 24.2. The largest absolute Gasteiger partial charge is 0.245 e. The lowest BCUT2D eigenvalue weighted by Crippen LogP contribution is -2.14. The number of aliphatic imine (C=N–C) groups is 1. The predicted octanol–water partition coefficient (Wildman–Crippen LogP) is 1.29. The monoisotopic (exact) mass is 141 g/mol. The zero-order chi connectivity index (χ0) is 7.40. The van der Waals surface area contributed by atoms with Crippen LogP contribution in [0.3, 0.4) is 0 Å². The molecule has 1 rings (SSSR count). The van der Waals surface area contributed by atoms with Crippen LogP contribution in [-0.2, 0) is 4.84 Å². The van der Waals surface area contributed by atoms with Crippen LogP contribution in [0.2, 0.25) is 0 Å². The summed E-state index contributed by atoms with van der Waals surface area (Å²) in [6.45, 7) is 2.16. The molecule has 0 aromatic heterocycles. The third-order valence-corrected chi connectivity index (χ3v) is 1.43. The molecule has 1 unspecified atom stereocenters. The summed E-state index contributed by atoms with van der Waals surface area (Å²) >= 11 is 0. The minimum atomic E-state index is 0.0324. The molecule has 57 valence electrons. The third kappa shape index (κ3) is 1.99. The standard InChI is InChI=1S/C7H13N2O/c1-3-4-5-7-8-6-9(2)10-7/h7H,3-5H2,1-2H3. The molecule has 0 saturated heterocycles. The van der Waals surface area contributed by atoms with Crippen LogP contribution in [0.5, 0.6) is 0 Å². The molecule has 0 spiro atoms. The van der Waals surface area contributed by atoms with E-state index in [1.165, 1.54) is 17.9 Å². The van der Waals surface area contributed by atoms with Crippen LogP contribution in [0.15, 0.2) is 4.99 Å². The lowest BCUT2D eigenvalue weighted by molar-refractivity contribution is -0.104. The van der Waals surface area contributed by atoms with Crippen molar-refractivity contribution in [2.24, 2.45) is 4.99 Å². The number of nitrogens with zero attached hydrogens (tertiary/aromatic N) is 2. The highest BCUT2D eigenvalue weighted by molar-refractivity contribution is 5.54. The summed E-state index contributed by atoms with van der Waals surface area (Å²) in [5, 5.41) is 1.53. The van der Waals surface area contributed by atoms with Gasteiger partial charge >= 0.3 is 0 Å². The van der Waals surface area contributed by atoms with Gasteiger partial charge in [-0.3, -0.25) is 0 Å². The number of unbranched alkanes of at least 4 members (excludes halogenated alkanes) is 1. The average molecular weight is 141 g/mol. The SMILES string of the molecule is CCCCC1N=[C]N(C)O1. The third-order valence-electron chi connectivity index (χ3n) is 1.43. The summed E-state index contributed by atoms with van der Waals surface area (Å²) in [6, 6.07) is 0. The van der Waals surface area contributed by atoms with Crippen LogP contribution in [0, 0.1) is 0 Å². The lowest BCUT2D eigenvalue weighted by atomic mass is 10.2. The van der Waals surface area contributed by atoms with Crippen LogP contribution in [0.4, 0.5) is 0 Å². The Labute approximate surface area is 61.6 Å². The molecule has 0 amide bonds. The summed E-state index contributed by atoms with van der Waals surface area (Å²) in [6.07, 6.45) is 6.12. The maximum Gasteiger partial charge on any atom is 0.195 e. The smallest absolute Gasteiger partial charge is 0.195 e. The van der Waals surface area contributed by atoms with Gasteiger partial charge in [0.1, 0.15) is 0 Å². The molecular formula is C7H13N2O. The second kappa shape index (κ2) is 3.56. The molecule has 1 aliphatic rings. The molecule has 3 nitrogen and oxygen atoms in total. The Kier molecular flexibility index (Phi) is 2.68. The second-order valence-electron chi connectivity index (χ2n) is 2.43. The van der Waals surface area contributed by atoms with Crippen molar-refractivity contribution in [2.45, 2.75) is 32.4 Å². The first-order valence-corrected chi connectivity index (χ1v) is 3.69. The number of hydroxylamine groups is 2. The maximum absolute atomic E-state index is 5.22. The quantitative estimate of drug-likeness (QED) is 0.591. The molecule has 0 aromatic carbocycles. The van der Waals surface area contributed by atoms with Gasteiger partial charge in [0.25, 0.3) is 0 Å². The van der Waals surface area contributed by atoms with Crippen molar-refractivity contribution in [2.75, 3.05) is 7.05 Å². The Balaban J connectivity index is 2.14. The minimum absolute atomic E-state index is 0.0324. The number of hydrogen-bond acceptors (Lipinski definition) is 3. The topological polar surface area (TPSA) is 24.8 Å². The Hall–Kier alpha value is -0.570. The fourth-order valence-corrected chi connectivity index (χ4v) is 0.871. The molecule has 10 heavy (non-hydrogen) atoms. The van der Waals surface area contributed by atoms with E-state index >= 15 is 0 Å². The van der Waals surface area contributed by atoms with Gasteiger partial charge in [-0.15, -0.1) is 0 Å². The number of hydrogen-bond donors (Lipinski definition) is 0. The van der Waals surface area contributed by atoms with Crippen LogP contribution in [0.1, 0.15) is 26.2 Å². The fraction of sp³-hybridized carbons (Fsp3) is 0.857. The van der Waals surface area contributed by atoms with Crippen molar-refractivity contribution in [1.82, 2.24) is 5.06 Å². The molecule has 3 heteroatoms. The zero-order valence-corrected chi connectivity index (χ0v) is 6.50. The molecule has 0 N–H and O–H groups in total. The van der Waals surface area contributed by atoms with Gasteiger partial charge in [-0.05, 0) is 12.8 Å². The first kappa shape index (κ1) is 7.54. The van der Waals surface area contributed by atoms with Crippen LogP contribution >= 0.6 is 0 Å². The first-order chi connectivity index (χ1) is 4.83. The van der Waals surface area contributed by atoms with E-state index in [-0.39, 0.29) is 6.23 Å². The predicted molar refractivity (Wildman–Crippen MR) is 39.6 cm³/mol. The lowest BCUT2D eigenvalue weighted by Gasteiger charge is -2.08. The molecule has 0 bridgehead atoms. The van der Waals surface area contributed by atoms with Crippen molar-refractivity contribution in [1.29, 1.82) is 0 Å². The van der Waals surface area contributed by atoms with Crippen molar-refractivity contribution in [3.05, 3.63) is 0 Å². The van der Waals surface area contributed by atoms with Gasteiger partial charge in [0, 0.05) is 7.05 Å². The van der Waals surface area contributed by atoms with E-state index in [1.807, 2.05) is 0 Å². The van der Waals surface area contributed by atoms with Crippen molar-refractivity contribution in [3.8, 4) is 0 Å². The van der Waals surface area contributed by atoms with Gasteiger partial charge in [-0.25, -0.2) is 14.9 Å². The van der Waals surface area contributed by atoms with E-state index in [1.54, 1.807) is 7.05 Å². The fourth-order valence-electron chi connectivity index (χ4n) is 0.871. The van der Waals surface area contributed by atoms with Gasteiger partial charge in [-0.1, -0.05) is 13.3 Å². The van der Waals surface area contributed by atoms with Crippen LogP contribution < -0.4 is 0 Å². The highest BCUT2D eigenvalue weighted by Crippen LogP contribution is 2.10. The summed E-state index contributed by atoms with van der Waals surface area (Å²) in [5.74, 6) is 0. The summed E-state index contributed by atoms with van der Waals surface area (Å²) in [5.41, 5.74) is 0. The Bertz CT molecular complexity index is 125. The summed E-state index contributed by atoms with van der Waals surface area (Å²) in [4.78, 5) is 9.23. The average Bonchev–Trinajstić information content (AvgIpc) is 2.31. The van der Waals surface area contributed by atoms with Crippen LogP contribution in [-0.4, -0.2) is 24.7 Å². The van der Waals surface area contributed by atoms with Gasteiger partial charge in [0.15, 0.2) is 12.6 Å². The van der Waals surface area contributed by atoms with E-state index in [2.05, 4.69) is 18.3 Å². The first-order valence-electron chi connectivity index (χ1n) is 3.69. The molecule has 1 heterocycles. The molecule has 0 aromatic rings. The minimum Gasteiger partial charge on any atom is -0.245 e. The van der Waals surface area contributed by atoms with Gasteiger partial charge < -0.3 is 0 Å². The van der Waals surface area contributed by atoms with Gasteiger partial charge in [0.05, 0.1) is 0 Å². The van der Waals surface area contributed by atoms with E-state index in [4.69, 9.17) is 4.84 Å². The second-order valence-corrected chi connectivity index (χ2v) is 2.43. The molecule has 0 fully saturated rings. The Morgan fingerprint density at radius 1 is 1.70 bits per heavy atom.